The first-order valence-electron chi connectivity index (χ1n) is 5.87. The van der Waals surface area contributed by atoms with Crippen molar-refractivity contribution in [2.24, 2.45) is 0 Å². The Morgan fingerprint density at radius 1 is 1.33 bits per heavy atom. The van der Waals surface area contributed by atoms with Gasteiger partial charge in [-0.15, -0.1) is 11.3 Å². The Hall–Kier alpha value is -1.74. The van der Waals surface area contributed by atoms with Gasteiger partial charge < -0.3 is 4.74 Å². The van der Waals surface area contributed by atoms with Crippen molar-refractivity contribution < 1.29 is 21.9 Å². The molecule has 0 unspecified atom stereocenters. The fourth-order valence-electron chi connectivity index (χ4n) is 1.65. The maximum atomic E-state index is 13.8. The van der Waals surface area contributed by atoms with E-state index < -0.39 is 26.6 Å². The van der Waals surface area contributed by atoms with Crippen LogP contribution in [0.25, 0.3) is 0 Å². The molecule has 0 aliphatic carbocycles. The summed E-state index contributed by atoms with van der Waals surface area (Å²) in [5.74, 6) is -2.42. The van der Waals surface area contributed by atoms with Gasteiger partial charge in [0.1, 0.15) is 15.7 Å². The molecule has 2 aromatic rings. The second kappa shape index (κ2) is 5.94. The van der Waals surface area contributed by atoms with Crippen molar-refractivity contribution in [3.05, 3.63) is 35.0 Å². The summed E-state index contributed by atoms with van der Waals surface area (Å²) in [6.07, 6.45) is 0.515. The third kappa shape index (κ3) is 3.13. The molecule has 1 aromatic heterocycles. The van der Waals surface area contributed by atoms with Gasteiger partial charge in [-0.2, -0.15) is 0 Å². The quantitative estimate of drug-likeness (QED) is 0.913. The zero-order valence-corrected chi connectivity index (χ0v) is 12.8. The summed E-state index contributed by atoms with van der Waals surface area (Å²) < 4.78 is 58.6. The number of nitrogens with one attached hydrogen (secondary N) is 1. The Bertz CT molecular complexity index is 760. The van der Waals surface area contributed by atoms with Crippen LogP contribution in [0.5, 0.6) is 5.75 Å². The van der Waals surface area contributed by atoms with E-state index in [9.17, 15) is 17.2 Å². The molecule has 0 saturated carbocycles. The van der Waals surface area contributed by atoms with Crippen LogP contribution < -0.4 is 9.46 Å². The molecule has 0 aliphatic rings. The Balaban J connectivity index is 2.43. The highest BCUT2D eigenvalue weighted by molar-refractivity contribution is 7.93. The monoisotopic (exact) mass is 334 g/mol. The van der Waals surface area contributed by atoms with Crippen molar-refractivity contribution in [1.82, 2.24) is 4.98 Å². The molecule has 0 aliphatic heterocycles. The number of aryl methyl sites for hydroxylation is 1. The van der Waals surface area contributed by atoms with Gasteiger partial charge in [0.2, 0.25) is 0 Å². The topological polar surface area (TPSA) is 68.3 Å². The van der Waals surface area contributed by atoms with E-state index in [1.165, 1.54) is 5.51 Å². The molecule has 0 bridgehead atoms. The summed E-state index contributed by atoms with van der Waals surface area (Å²) in [4.78, 5) is 3.20. The van der Waals surface area contributed by atoms with Crippen LogP contribution in [-0.4, -0.2) is 20.5 Å². The lowest BCUT2D eigenvalue weighted by Gasteiger charge is -2.10. The van der Waals surface area contributed by atoms with Gasteiger partial charge in [0.25, 0.3) is 10.0 Å². The van der Waals surface area contributed by atoms with Gasteiger partial charge in [-0.3, -0.25) is 4.72 Å². The second-order valence-electron chi connectivity index (χ2n) is 4.00. The first-order chi connectivity index (χ1) is 9.89. The molecule has 0 spiro atoms. The number of sulfonamides is 1. The van der Waals surface area contributed by atoms with Gasteiger partial charge >= 0.3 is 0 Å². The molecule has 5 nitrogen and oxygen atoms in total. The molecule has 0 amide bonds. The van der Waals surface area contributed by atoms with Crippen LogP contribution in [0.2, 0.25) is 0 Å². The van der Waals surface area contributed by atoms with E-state index in [0.29, 0.717) is 24.2 Å². The minimum Gasteiger partial charge on any atom is -0.494 e. The molecule has 0 fully saturated rings. The van der Waals surface area contributed by atoms with Crippen LogP contribution in [0, 0.1) is 11.6 Å². The average Bonchev–Trinajstić information content (AvgIpc) is 2.87. The zero-order valence-electron chi connectivity index (χ0n) is 11.2. The molecule has 9 heteroatoms. The van der Waals surface area contributed by atoms with Crippen LogP contribution >= 0.6 is 11.3 Å². The van der Waals surface area contributed by atoms with Crippen molar-refractivity contribution in [1.29, 1.82) is 0 Å². The van der Waals surface area contributed by atoms with E-state index in [1.54, 1.807) is 6.92 Å². The van der Waals surface area contributed by atoms with Crippen LogP contribution in [-0.2, 0) is 16.4 Å². The highest BCUT2D eigenvalue weighted by atomic mass is 32.2. The summed E-state index contributed by atoms with van der Waals surface area (Å²) in [6, 6.07) is 1.28. The van der Waals surface area contributed by atoms with Crippen molar-refractivity contribution in [2.75, 3.05) is 11.8 Å². The van der Waals surface area contributed by atoms with Crippen LogP contribution in [0.4, 0.5) is 13.8 Å². The third-order valence-corrected chi connectivity index (χ3v) is 4.98. The first-order valence-corrected chi connectivity index (χ1v) is 8.23. The zero-order chi connectivity index (χ0) is 15.6. The van der Waals surface area contributed by atoms with E-state index in [0.717, 1.165) is 18.4 Å². The second-order valence-corrected chi connectivity index (χ2v) is 6.51. The largest absolute Gasteiger partial charge is 0.494 e. The van der Waals surface area contributed by atoms with Gasteiger partial charge in [-0.25, -0.2) is 22.2 Å². The number of halogens is 2. The summed E-state index contributed by atoms with van der Waals surface area (Å²) in [6.45, 7) is 1.81. The fourth-order valence-corrected chi connectivity index (χ4v) is 3.84. The summed E-state index contributed by atoms with van der Waals surface area (Å²) >= 11 is 1.07. The lowest BCUT2D eigenvalue weighted by molar-refractivity contribution is 0.380. The van der Waals surface area contributed by atoms with Gasteiger partial charge in [0.05, 0.1) is 18.3 Å². The number of thiazole rings is 1. The minimum absolute atomic E-state index is 0.285. The molecule has 21 heavy (non-hydrogen) atoms. The number of anilines is 1. The Morgan fingerprint density at radius 3 is 2.67 bits per heavy atom. The lowest BCUT2D eigenvalue weighted by Crippen LogP contribution is -2.15. The van der Waals surface area contributed by atoms with Crippen LogP contribution in [0.15, 0.2) is 22.5 Å². The first kappa shape index (κ1) is 15.6. The fraction of sp³-hybridized carbons (Fsp3) is 0.250. The number of methoxy groups -OCH3 is 1. The van der Waals surface area contributed by atoms with Gasteiger partial charge in [-0.1, -0.05) is 6.92 Å². The van der Waals surface area contributed by atoms with Gasteiger partial charge in [0, 0.05) is 12.1 Å². The predicted molar refractivity (Wildman–Crippen MR) is 75.2 cm³/mol. The van der Waals surface area contributed by atoms with Gasteiger partial charge in [0.15, 0.2) is 11.6 Å². The summed E-state index contributed by atoms with van der Waals surface area (Å²) in [5.41, 5.74) is 2.01. The average molecular weight is 334 g/mol. The molecule has 1 heterocycles. The minimum atomic E-state index is -4.24. The lowest BCUT2D eigenvalue weighted by atomic mass is 10.3. The number of rotatable bonds is 5. The molecule has 0 saturated heterocycles. The van der Waals surface area contributed by atoms with Crippen molar-refractivity contribution in [2.45, 2.75) is 18.2 Å². The SMILES string of the molecule is CCc1ncsc1NS(=O)(=O)c1cc(F)c(OC)cc1F. The van der Waals surface area contributed by atoms with E-state index in [-0.39, 0.29) is 10.8 Å². The number of hydrogen-bond acceptors (Lipinski definition) is 5. The number of hydrogen-bond donors (Lipinski definition) is 1. The molecule has 2 rings (SSSR count). The Kier molecular flexibility index (Phi) is 4.43. The predicted octanol–water partition coefficient (Wildman–Crippen LogP) is 2.79. The Labute approximate surface area is 124 Å². The molecule has 0 atom stereocenters. The van der Waals surface area contributed by atoms with Crippen LogP contribution in [0.3, 0.4) is 0 Å². The highest BCUT2D eigenvalue weighted by Crippen LogP contribution is 2.28. The number of aromatic nitrogens is 1. The molecule has 114 valence electrons. The van der Waals surface area contributed by atoms with Crippen molar-refractivity contribution in [3.63, 3.8) is 0 Å². The van der Waals surface area contributed by atoms with E-state index in [1.807, 2.05) is 0 Å². The number of nitrogens with zero attached hydrogens (tertiary/aromatic N) is 1. The summed E-state index contributed by atoms with van der Waals surface area (Å²) in [5, 5.41) is 0.285. The Morgan fingerprint density at radius 2 is 2.05 bits per heavy atom. The number of benzene rings is 1. The van der Waals surface area contributed by atoms with Crippen molar-refractivity contribution >= 4 is 26.4 Å². The molecule has 0 radical (unpaired) electrons. The maximum Gasteiger partial charge on any atom is 0.265 e. The smallest absolute Gasteiger partial charge is 0.265 e. The molecule has 1 N–H and O–H groups in total. The maximum absolute atomic E-state index is 13.8. The van der Waals surface area contributed by atoms with E-state index >= 15 is 0 Å². The normalized spacial score (nSPS) is 11.4. The van der Waals surface area contributed by atoms with E-state index in [2.05, 4.69) is 14.4 Å². The molecular weight excluding hydrogens is 322 g/mol. The van der Waals surface area contributed by atoms with Gasteiger partial charge in [-0.05, 0) is 6.42 Å². The highest BCUT2D eigenvalue weighted by Gasteiger charge is 2.24. The molecular formula is C12H12F2N2O3S2. The third-order valence-electron chi connectivity index (χ3n) is 2.70. The van der Waals surface area contributed by atoms with Crippen molar-refractivity contribution in [3.8, 4) is 5.75 Å². The summed E-state index contributed by atoms with van der Waals surface area (Å²) in [7, 11) is -3.08. The van der Waals surface area contributed by atoms with Crippen LogP contribution in [0.1, 0.15) is 12.6 Å². The molecule has 1 aromatic carbocycles. The van der Waals surface area contributed by atoms with E-state index in [4.69, 9.17) is 0 Å². The number of ether oxygens (including phenoxy) is 1. The standard InChI is InChI=1S/C12H12F2N2O3S2/c1-3-9-12(20-6-15-9)16-21(17,18)11-5-7(13)10(19-2)4-8(11)14/h4-6,16H,3H2,1-2H3.